The molecule has 24 heavy (non-hydrogen) atoms. The Balaban J connectivity index is 1.95. The number of amides is 1. The molecule has 1 atom stereocenters. The van der Waals surface area contributed by atoms with E-state index in [1.807, 2.05) is 0 Å². The molecule has 1 N–H and O–H groups in total. The van der Waals surface area contributed by atoms with Crippen LogP contribution in [-0.2, 0) is 0 Å². The van der Waals surface area contributed by atoms with Crippen molar-refractivity contribution in [3.63, 3.8) is 0 Å². The maximum absolute atomic E-state index is 13.2. The summed E-state index contributed by atoms with van der Waals surface area (Å²) in [5, 5.41) is 3.33. The van der Waals surface area contributed by atoms with Gasteiger partial charge in [-0.1, -0.05) is 35.9 Å². The number of carbonyl (C=O) groups excluding carboxylic acids is 1. The van der Waals surface area contributed by atoms with Gasteiger partial charge in [-0.25, -0.2) is 4.39 Å². The van der Waals surface area contributed by atoms with E-state index >= 15 is 0 Å². The maximum Gasteiger partial charge on any atom is 0.253 e. The molecule has 2 aromatic carbocycles. The van der Waals surface area contributed by atoms with E-state index in [1.54, 1.807) is 60.9 Å². The minimum Gasteiger partial charge on any atom is -0.341 e. The first kappa shape index (κ1) is 16.1. The van der Waals surface area contributed by atoms with Crippen LogP contribution in [0.3, 0.4) is 0 Å². The van der Waals surface area contributed by atoms with Gasteiger partial charge in [0, 0.05) is 12.4 Å². The predicted octanol–water partition coefficient (Wildman–Crippen LogP) is 4.39. The molecule has 5 heteroatoms. The molecule has 3 nitrogen and oxygen atoms in total. The van der Waals surface area contributed by atoms with E-state index in [4.69, 9.17) is 11.6 Å². The van der Waals surface area contributed by atoms with Crippen LogP contribution in [0.2, 0.25) is 5.02 Å². The molecule has 3 aromatic rings. The van der Waals surface area contributed by atoms with Gasteiger partial charge in [-0.05, 0) is 47.5 Å². The van der Waals surface area contributed by atoms with Crippen LogP contribution in [0.5, 0.6) is 0 Å². The van der Waals surface area contributed by atoms with Crippen molar-refractivity contribution in [3.05, 3.63) is 101 Å². The summed E-state index contributed by atoms with van der Waals surface area (Å²) in [6, 6.07) is 16.0. The zero-order valence-electron chi connectivity index (χ0n) is 12.6. The van der Waals surface area contributed by atoms with Gasteiger partial charge in [0.25, 0.3) is 5.91 Å². The van der Waals surface area contributed by atoms with E-state index in [9.17, 15) is 9.18 Å². The van der Waals surface area contributed by atoms with Crippen molar-refractivity contribution in [2.45, 2.75) is 6.04 Å². The first-order valence-corrected chi connectivity index (χ1v) is 7.74. The average molecular weight is 341 g/mol. The molecule has 3 rings (SSSR count). The molecule has 0 aliphatic carbocycles. The van der Waals surface area contributed by atoms with Crippen molar-refractivity contribution >= 4 is 17.5 Å². The van der Waals surface area contributed by atoms with E-state index < -0.39 is 6.04 Å². The van der Waals surface area contributed by atoms with Crippen LogP contribution < -0.4 is 5.32 Å². The molecule has 0 radical (unpaired) electrons. The van der Waals surface area contributed by atoms with Crippen molar-refractivity contribution < 1.29 is 9.18 Å². The highest BCUT2D eigenvalue weighted by molar-refractivity contribution is 6.33. The Bertz CT molecular complexity index is 838. The summed E-state index contributed by atoms with van der Waals surface area (Å²) in [6.45, 7) is 0. The molecule has 0 saturated heterocycles. The quantitative estimate of drug-likeness (QED) is 0.765. The monoisotopic (exact) mass is 340 g/mol. The van der Waals surface area contributed by atoms with Gasteiger partial charge in [0.2, 0.25) is 0 Å². The molecule has 0 aliphatic heterocycles. The largest absolute Gasteiger partial charge is 0.341 e. The lowest BCUT2D eigenvalue weighted by atomic mass is 9.99. The topological polar surface area (TPSA) is 42.0 Å². The van der Waals surface area contributed by atoms with Crippen LogP contribution in [0.4, 0.5) is 4.39 Å². The van der Waals surface area contributed by atoms with Crippen molar-refractivity contribution in [1.82, 2.24) is 10.3 Å². The van der Waals surface area contributed by atoms with E-state index in [-0.39, 0.29) is 11.7 Å². The number of rotatable bonds is 4. The second-order valence-electron chi connectivity index (χ2n) is 5.22. The third-order valence-corrected chi connectivity index (χ3v) is 3.97. The molecule has 0 saturated carbocycles. The van der Waals surface area contributed by atoms with Crippen LogP contribution in [0.15, 0.2) is 73.1 Å². The Kier molecular flexibility index (Phi) is 4.87. The molecule has 120 valence electrons. The van der Waals surface area contributed by atoms with Gasteiger partial charge in [0.15, 0.2) is 0 Å². The lowest BCUT2D eigenvalue weighted by Crippen LogP contribution is -2.29. The van der Waals surface area contributed by atoms with Gasteiger partial charge < -0.3 is 5.32 Å². The number of aromatic nitrogens is 1. The van der Waals surface area contributed by atoms with Gasteiger partial charge in [-0.2, -0.15) is 0 Å². The summed E-state index contributed by atoms with van der Waals surface area (Å²) in [4.78, 5) is 16.6. The van der Waals surface area contributed by atoms with Crippen LogP contribution in [0.1, 0.15) is 27.5 Å². The summed E-state index contributed by atoms with van der Waals surface area (Å²) >= 11 is 6.09. The molecule has 0 bridgehead atoms. The number of halogens is 2. The van der Waals surface area contributed by atoms with Gasteiger partial charge in [0.05, 0.1) is 16.6 Å². The third-order valence-electron chi connectivity index (χ3n) is 3.64. The van der Waals surface area contributed by atoms with Gasteiger partial charge in [-0.15, -0.1) is 0 Å². The van der Waals surface area contributed by atoms with Crippen molar-refractivity contribution in [3.8, 4) is 0 Å². The molecule has 1 amide bonds. The number of pyridine rings is 1. The molecule has 0 spiro atoms. The Morgan fingerprint density at radius 1 is 0.958 bits per heavy atom. The number of benzene rings is 2. The summed E-state index contributed by atoms with van der Waals surface area (Å²) < 4.78 is 13.2. The standard InChI is InChI=1S/C19H14ClFN2O/c20-17-4-2-1-3-16(17)19(24)23-18(14-9-11-22-12-10-14)13-5-7-15(21)8-6-13/h1-12,18H,(H,23,24). The average Bonchev–Trinajstić information content (AvgIpc) is 2.61. The van der Waals surface area contributed by atoms with E-state index in [2.05, 4.69) is 10.3 Å². The highest BCUT2D eigenvalue weighted by atomic mass is 35.5. The highest BCUT2D eigenvalue weighted by Crippen LogP contribution is 2.23. The molecular weight excluding hydrogens is 327 g/mol. The zero-order valence-corrected chi connectivity index (χ0v) is 13.4. The normalized spacial score (nSPS) is 11.8. The van der Waals surface area contributed by atoms with E-state index in [0.29, 0.717) is 10.6 Å². The molecule has 0 fully saturated rings. The fourth-order valence-corrected chi connectivity index (χ4v) is 2.65. The fraction of sp³-hybridized carbons (Fsp3) is 0.0526. The Labute approximate surface area is 144 Å². The Morgan fingerprint density at radius 2 is 1.58 bits per heavy atom. The Morgan fingerprint density at radius 3 is 2.25 bits per heavy atom. The zero-order chi connectivity index (χ0) is 16.9. The number of hydrogen-bond donors (Lipinski definition) is 1. The number of hydrogen-bond acceptors (Lipinski definition) is 2. The van der Waals surface area contributed by atoms with Gasteiger partial charge in [-0.3, -0.25) is 9.78 Å². The summed E-state index contributed by atoms with van der Waals surface area (Å²) in [5.74, 6) is -0.628. The van der Waals surface area contributed by atoms with Crippen molar-refractivity contribution in [2.24, 2.45) is 0 Å². The van der Waals surface area contributed by atoms with Crippen LogP contribution in [0, 0.1) is 5.82 Å². The Hall–Kier alpha value is -2.72. The van der Waals surface area contributed by atoms with Crippen LogP contribution in [-0.4, -0.2) is 10.9 Å². The van der Waals surface area contributed by atoms with Crippen molar-refractivity contribution in [1.29, 1.82) is 0 Å². The second kappa shape index (κ2) is 7.23. The summed E-state index contributed by atoms with van der Waals surface area (Å²) in [6.07, 6.45) is 3.29. The lowest BCUT2D eigenvalue weighted by Gasteiger charge is -2.20. The number of nitrogens with one attached hydrogen (secondary N) is 1. The summed E-state index contributed by atoms with van der Waals surface area (Å²) in [7, 11) is 0. The smallest absolute Gasteiger partial charge is 0.253 e. The molecule has 1 unspecified atom stereocenters. The molecular formula is C19H14ClFN2O. The van der Waals surface area contributed by atoms with Crippen LogP contribution >= 0.6 is 11.6 Å². The highest BCUT2D eigenvalue weighted by Gasteiger charge is 2.19. The first-order chi connectivity index (χ1) is 11.6. The maximum atomic E-state index is 13.2. The van der Waals surface area contributed by atoms with E-state index in [0.717, 1.165) is 11.1 Å². The minimum absolute atomic E-state index is 0.299. The van der Waals surface area contributed by atoms with E-state index in [1.165, 1.54) is 12.1 Å². The molecule has 1 aromatic heterocycles. The minimum atomic E-state index is -0.433. The SMILES string of the molecule is O=C(NC(c1ccncc1)c1ccc(F)cc1)c1ccccc1Cl. The number of carbonyl (C=O) groups is 1. The van der Waals surface area contributed by atoms with Crippen LogP contribution in [0.25, 0.3) is 0 Å². The lowest BCUT2D eigenvalue weighted by molar-refractivity contribution is 0.0943. The fourth-order valence-electron chi connectivity index (χ4n) is 2.42. The van der Waals surface area contributed by atoms with Crippen molar-refractivity contribution in [2.75, 3.05) is 0 Å². The van der Waals surface area contributed by atoms with Gasteiger partial charge >= 0.3 is 0 Å². The predicted molar refractivity (Wildman–Crippen MR) is 91.4 cm³/mol. The first-order valence-electron chi connectivity index (χ1n) is 7.36. The molecule has 1 heterocycles. The summed E-state index contributed by atoms with van der Waals surface area (Å²) in [5.41, 5.74) is 2.00. The number of nitrogens with zero attached hydrogens (tertiary/aromatic N) is 1. The third kappa shape index (κ3) is 3.60. The molecule has 0 aliphatic rings. The second-order valence-corrected chi connectivity index (χ2v) is 5.63. The van der Waals surface area contributed by atoms with Gasteiger partial charge in [0.1, 0.15) is 5.82 Å².